The average molecular weight is 530 g/mol. The average Bonchev–Trinajstić information content (AvgIpc) is 3.35. The van der Waals surface area contributed by atoms with Crippen LogP contribution in [0.2, 0.25) is 5.02 Å². The van der Waals surface area contributed by atoms with Gasteiger partial charge in [-0.1, -0.05) is 42.6 Å². The van der Waals surface area contributed by atoms with Gasteiger partial charge in [-0.15, -0.1) is 0 Å². The van der Waals surface area contributed by atoms with Crippen molar-refractivity contribution in [3.8, 4) is 11.3 Å². The van der Waals surface area contributed by atoms with Crippen molar-refractivity contribution < 1.29 is 9.21 Å². The summed E-state index contributed by atoms with van der Waals surface area (Å²) in [5.41, 5.74) is 2.92. The molecular weight excluding hydrogens is 508 g/mol. The first-order chi connectivity index (χ1) is 15.4. The van der Waals surface area contributed by atoms with E-state index >= 15 is 0 Å². The lowest BCUT2D eigenvalue weighted by Gasteiger charge is -2.14. The zero-order valence-electron chi connectivity index (χ0n) is 17.8. The number of aryl methyl sites for hydroxylation is 1. The van der Waals surface area contributed by atoms with E-state index < -0.39 is 0 Å². The Morgan fingerprint density at radius 1 is 1.16 bits per heavy atom. The van der Waals surface area contributed by atoms with Crippen molar-refractivity contribution in [3.05, 3.63) is 80.3 Å². The Morgan fingerprint density at radius 2 is 1.94 bits per heavy atom. The van der Waals surface area contributed by atoms with Gasteiger partial charge in [-0.25, -0.2) is 4.99 Å². The first-order valence-corrected chi connectivity index (χ1v) is 12.4. The van der Waals surface area contributed by atoms with Crippen molar-refractivity contribution in [2.45, 2.75) is 26.7 Å². The number of amidine groups is 1. The van der Waals surface area contributed by atoms with Crippen LogP contribution >= 0.6 is 39.3 Å². The van der Waals surface area contributed by atoms with Crippen LogP contribution in [0.15, 0.2) is 73.4 Å². The van der Waals surface area contributed by atoms with E-state index in [1.54, 1.807) is 11.0 Å². The number of carbonyl (C=O) groups excluding carboxylic acids is 1. The van der Waals surface area contributed by atoms with Gasteiger partial charge in [-0.05, 0) is 83.5 Å². The van der Waals surface area contributed by atoms with E-state index in [4.69, 9.17) is 21.0 Å². The molecular formula is C25H22BrClN2O2S. The number of carbonyl (C=O) groups is 1. The number of aliphatic imine (C=N–C) groups is 1. The highest BCUT2D eigenvalue weighted by Crippen LogP contribution is 2.36. The Morgan fingerprint density at radius 3 is 2.66 bits per heavy atom. The first-order valence-electron chi connectivity index (χ1n) is 10.4. The maximum Gasteiger partial charge on any atom is 0.266 e. The smallest absolute Gasteiger partial charge is 0.266 e. The van der Waals surface area contributed by atoms with Crippen molar-refractivity contribution in [1.29, 1.82) is 0 Å². The SMILES string of the molecule is CCCCN1C(=O)/C(=C\c2ccc(-c3ccc(Cl)c(Br)c3)o2)SC1=Nc1ccc(C)cc1. The number of benzene rings is 2. The summed E-state index contributed by atoms with van der Waals surface area (Å²) >= 11 is 10.9. The molecule has 4 nitrogen and oxygen atoms in total. The van der Waals surface area contributed by atoms with Gasteiger partial charge in [0, 0.05) is 22.7 Å². The largest absolute Gasteiger partial charge is 0.457 e. The van der Waals surface area contributed by atoms with E-state index in [-0.39, 0.29) is 5.91 Å². The fourth-order valence-electron chi connectivity index (χ4n) is 3.20. The highest BCUT2D eigenvalue weighted by atomic mass is 79.9. The summed E-state index contributed by atoms with van der Waals surface area (Å²) in [7, 11) is 0. The molecule has 1 saturated heterocycles. The van der Waals surface area contributed by atoms with Crippen LogP contribution in [0.1, 0.15) is 31.1 Å². The van der Waals surface area contributed by atoms with Gasteiger partial charge in [0.1, 0.15) is 11.5 Å². The molecule has 164 valence electrons. The normalized spacial score (nSPS) is 16.5. The summed E-state index contributed by atoms with van der Waals surface area (Å²) < 4.78 is 6.80. The van der Waals surface area contributed by atoms with E-state index in [0.717, 1.165) is 28.6 Å². The van der Waals surface area contributed by atoms with Gasteiger partial charge in [0.25, 0.3) is 5.91 Å². The summed E-state index contributed by atoms with van der Waals surface area (Å²) in [5.74, 6) is 1.29. The molecule has 1 amide bonds. The fraction of sp³-hybridized carbons (Fsp3) is 0.200. The van der Waals surface area contributed by atoms with E-state index in [1.165, 1.54) is 17.3 Å². The molecule has 1 aliphatic heterocycles. The Kier molecular flexibility index (Phi) is 7.23. The summed E-state index contributed by atoms with van der Waals surface area (Å²) in [6.07, 6.45) is 3.71. The Hall–Kier alpha value is -2.28. The zero-order valence-corrected chi connectivity index (χ0v) is 20.9. The minimum absolute atomic E-state index is 0.0403. The third-order valence-corrected chi connectivity index (χ3v) is 7.21. The number of furan rings is 1. The molecule has 0 radical (unpaired) electrons. The molecule has 32 heavy (non-hydrogen) atoms. The van der Waals surface area contributed by atoms with Crippen LogP contribution < -0.4 is 0 Å². The van der Waals surface area contributed by atoms with Crippen molar-refractivity contribution in [3.63, 3.8) is 0 Å². The van der Waals surface area contributed by atoms with E-state index in [0.29, 0.717) is 33.2 Å². The number of hydrogen-bond donors (Lipinski definition) is 0. The minimum Gasteiger partial charge on any atom is -0.457 e. The lowest BCUT2D eigenvalue weighted by Crippen LogP contribution is -2.30. The van der Waals surface area contributed by atoms with E-state index in [9.17, 15) is 4.79 Å². The van der Waals surface area contributed by atoms with Gasteiger partial charge in [-0.2, -0.15) is 0 Å². The quantitative estimate of drug-likeness (QED) is 0.303. The topological polar surface area (TPSA) is 45.8 Å². The molecule has 7 heteroatoms. The standard InChI is InChI=1S/C25H22BrClN2O2S/c1-3-4-13-29-24(30)23(32-25(29)28-18-8-5-16(2)6-9-18)15-19-10-12-22(31-19)17-7-11-21(27)20(26)14-17/h5-12,14-15H,3-4,13H2,1-2H3/b23-15+,28-25?. The van der Waals surface area contributed by atoms with Crippen molar-refractivity contribution in [1.82, 2.24) is 4.90 Å². The van der Waals surface area contributed by atoms with Gasteiger partial charge in [0.05, 0.1) is 15.6 Å². The van der Waals surface area contributed by atoms with Gasteiger partial charge < -0.3 is 4.42 Å². The fourth-order valence-corrected chi connectivity index (χ4v) is 4.70. The highest BCUT2D eigenvalue weighted by molar-refractivity contribution is 9.10. The van der Waals surface area contributed by atoms with Crippen LogP contribution in [-0.2, 0) is 4.79 Å². The maximum absolute atomic E-state index is 13.1. The first kappa shape index (κ1) is 22.9. The predicted molar refractivity (Wildman–Crippen MR) is 137 cm³/mol. The molecule has 1 aromatic heterocycles. The molecule has 0 atom stereocenters. The third kappa shape index (κ3) is 5.20. The van der Waals surface area contributed by atoms with Gasteiger partial charge >= 0.3 is 0 Å². The molecule has 0 spiro atoms. The number of nitrogens with zero attached hydrogens (tertiary/aromatic N) is 2. The van der Waals surface area contributed by atoms with Crippen LogP contribution in [0.3, 0.4) is 0 Å². The highest BCUT2D eigenvalue weighted by Gasteiger charge is 2.33. The molecule has 4 rings (SSSR count). The second-order valence-electron chi connectivity index (χ2n) is 7.48. The maximum atomic E-state index is 13.1. The van der Waals surface area contributed by atoms with Crippen molar-refractivity contribution in [2.24, 2.45) is 4.99 Å². The molecule has 0 saturated carbocycles. The van der Waals surface area contributed by atoms with Crippen molar-refractivity contribution >= 4 is 62.1 Å². The van der Waals surface area contributed by atoms with Crippen LogP contribution in [0.5, 0.6) is 0 Å². The van der Waals surface area contributed by atoms with Gasteiger partial charge in [-0.3, -0.25) is 9.69 Å². The van der Waals surface area contributed by atoms with E-state index in [1.807, 2.05) is 61.5 Å². The van der Waals surface area contributed by atoms with E-state index in [2.05, 4.69) is 22.9 Å². The summed E-state index contributed by atoms with van der Waals surface area (Å²) in [6, 6.07) is 17.4. The molecule has 3 aromatic rings. The van der Waals surface area contributed by atoms with Crippen LogP contribution in [0.25, 0.3) is 17.4 Å². The van der Waals surface area contributed by atoms with Crippen LogP contribution in [0.4, 0.5) is 5.69 Å². The lowest BCUT2D eigenvalue weighted by atomic mass is 10.2. The predicted octanol–water partition coefficient (Wildman–Crippen LogP) is 8.08. The monoisotopic (exact) mass is 528 g/mol. The van der Waals surface area contributed by atoms with Crippen LogP contribution in [-0.4, -0.2) is 22.5 Å². The molecule has 1 aliphatic rings. The molecule has 0 bridgehead atoms. The Balaban J connectivity index is 1.61. The molecule has 2 heterocycles. The Labute approximate surface area is 205 Å². The second-order valence-corrected chi connectivity index (χ2v) is 9.75. The zero-order chi connectivity index (χ0) is 22.7. The van der Waals surface area contributed by atoms with Gasteiger partial charge in [0.2, 0.25) is 0 Å². The molecule has 0 aliphatic carbocycles. The number of amides is 1. The van der Waals surface area contributed by atoms with Gasteiger partial charge in [0.15, 0.2) is 5.17 Å². The lowest BCUT2D eigenvalue weighted by molar-refractivity contribution is -0.122. The van der Waals surface area contributed by atoms with Crippen LogP contribution in [0, 0.1) is 6.92 Å². The third-order valence-electron chi connectivity index (χ3n) is 4.99. The number of rotatable bonds is 6. The second kappa shape index (κ2) is 10.1. The molecule has 0 N–H and O–H groups in total. The summed E-state index contributed by atoms with van der Waals surface area (Å²) in [6.45, 7) is 4.80. The minimum atomic E-state index is -0.0403. The molecule has 1 fully saturated rings. The molecule has 0 unspecified atom stereocenters. The number of halogens is 2. The Bertz CT molecular complexity index is 1200. The summed E-state index contributed by atoms with van der Waals surface area (Å²) in [4.78, 5) is 20.2. The number of hydrogen-bond acceptors (Lipinski definition) is 4. The number of thioether (sulfide) groups is 1. The van der Waals surface area contributed by atoms with Crippen molar-refractivity contribution in [2.75, 3.05) is 6.54 Å². The molecule has 2 aromatic carbocycles. The summed E-state index contributed by atoms with van der Waals surface area (Å²) in [5, 5.41) is 1.34. The number of unbranched alkanes of at least 4 members (excludes halogenated alkanes) is 1.